The fraction of sp³-hybridized carbons (Fsp3) is 0.333. The second-order valence-electron chi connectivity index (χ2n) is 4.94. The average molecular weight is 302 g/mol. The van der Waals surface area contributed by atoms with Crippen molar-refractivity contribution >= 4 is 17.5 Å². The van der Waals surface area contributed by atoms with Crippen molar-refractivity contribution in [3.05, 3.63) is 46.0 Å². The first kappa shape index (κ1) is 15.7. The van der Waals surface area contributed by atoms with E-state index < -0.39 is 11.5 Å². The molecule has 0 radical (unpaired) electrons. The number of carbonyl (C=O) groups excluding carboxylic acids is 2. The number of aromatic nitrogens is 2. The van der Waals surface area contributed by atoms with Gasteiger partial charge in [-0.25, -0.2) is 4.98 Å². The number of nitrogens with zero attached hydrogens (tertiary/aromatic N) is 2. The van der Waals surface area contributed by atoms with Gasteiger partial charge < -0.3 is 10.6 Å². The van der Waals surface area contributed by atoms with Crippen LogP contribution in [0.3, 0.4) is 0 Å². The highest BCUT2D eigenvalue weighted by atomic mass is 16.2. The van der Waals surface area contributed by atoms with Crippen LogP contribution in [0.2, 0.25) is 0 Å². The molecule has 7 nitrogen and oxygen atoms in total. The molecule has 0 aliphatic heterocycles. The Labute approximate surface area is 127 Å². The second-order valence-corrected chi connectivity index (χ2v) is 4.94. The van der Waals surface area contributed by atoms with Crippen LogP contribution in [0.25, 0.3) is 5.65 Å². The van der Waals surface area contributed by atoms with Gasteiger partial charge in [-0.2, -0.15) is 0 Å². The van der Waals surface area contributed by atoms with Gasteiger partial charge in [0.15, 0.2) is 0 Å². The van der Waals surface area contributed by atoms with E-state index in [0.29, 0.717) is 12.2 Å². The lowest BCUT2D eigenvalue weighted by Gasteiger charge is -2.07. The van der Waals surface area contributed by atoms with Crippen LogP contribution in [0.4, 0.5) is 0 Å². The van der Waals surface area contributed by atoms with Crippen LogP contribution in [-0.2, 0) is 4.79 Å². The van der Waals surface area contributed by atoms with E-state index in [1.807, 2.05) is 19.9 Å². The molecule has 0 atom stereocenters. The van der Waals surface area contributed by atoms with Crippen LogP contribution in [0.15, 0.2) is 29.3 Å². The Kier molecular flexibility index (Phi) is 4.88. The number of hydrogen-bond donors (Lipinski definition) is 2. The van der Waals surface area contributed by atoms with Crippen LogP contribution in [-0.4, -0.2) is 34.3 Å². The number of rotatable bonds is 5. The second kappa shape index (κ2) is 6.84. The maximum atomic E-state index is 12.3. The number of fused-ring (bicyclic) bond motifs is 1. The van der Waals surface area contributed by atoms with Crippen molar-refractivity contribution in [2.24, 2.45) is 0 Å². The van der Waals surface area contributed by atoms with Crippen LogP contribution in [0, 0.1) is 6.92 Å². The number of carbonyl (C=O) groups is 2. The summed E-state index contributed by atoms with van der Waals surface area (Å²) < 4.78 is 1.32. The van der Waals surface area contributed by atoms with Crippen LogP contribution < -0.4 is 16.2 Å². The van der Waals surface area contributed by atoms with Gasteiger partial charge in [0.1, 0.15) is 11.2 Å². The van der Waals surface area contributed by atoms with Crippen molar-refractivity contribution < 1.29 is 9.59 Å². The maximum Gasteiger partial charge on any atom is 0.270 e. The van der Waals surface area contributed by atoms with Crippen molar-refractivity contribution in [1.29, 1.82) is 0 Å². The Morgan fingerprint density at radius 1 is 1.27 bits per heavy atom. The minimum Gasteiger partial charge on any atom is -0.355 e. The summed E-state index contributed by atoms with van der Waals surface area (Å²) in [6.45, 7) is 4.15. The highest BCUT2D eigenvalue weighted by molar-refractivity contribution is 5.96. The molecule has 2 amide bonds. The predicted octanol–water partition coefficient (Wildman–Crippen LogP) is 0.259. The average Bonchev–Trinajstić information content (AvgIpc) is 2.51. The summed E-state index contributed by atoms with van der Waals surface area (Å²) in [4.78, 5) is 39.9. The molecule has 0 bridgehead atoms. The van der Waals surface area contributed by atoms with Crippen molar-refractivity contribution in [2.45, 2.75) is 20.3 Å². The lowest BCUT2D eigenvalue weighted by atomic mass is 10.2. The molecule has 7 heteroatoms. The predicted molar refractivity (Wildman–Crippen MR) is 81.8 cm³/mol. The maximum absolute atomic E-state index is 12.3. The monoisotopic (exact) mass is 302 g/mol. The third-order valence-corrected chi connectivity index (χ3v) is 3.08. The molecule has 0 fully saturated rings. The summed E-state index contributed by atoms with van der Waals surface area (Å²) in [6.07, 6.45) is 3.66. The van der Waals surface area contributed by atoms with Crippen molar-refractivity contribution in [2.75, 3.05) is 13.1 Å². The molecule has 2 aromatic rings. The zero-order valence-electron chi connectivity index (χ0n) is 12.5. The third-order valence-electron chi connectivity index (χ3n) is 3.08. The Morgan fingerprint density at radius 3 is 2.77 bits per heavy atom. The Hall–Kier alpha value is -2.70. The minimum atomic E-state index is -0.611. The molecule has 2 heterocycles. The standard InChI is InChI=1S/C15H18N4O3/c1-3-6-16-13(20)8-18-14(21)11-7-17-12-5-4-10(2)9-19(12)15(11)22/h4-5,7,9H,3,6,8H2,1-2H3,(H,16,20)(H,18,21). The molecule has 0 aliphatic carbocycles. The molecule has 0 saturated carbocycles. The first-order valence-corrected chi connectivity index (χ1v) is 7.06. The molecule has 22 heavy (non-hydrogen) atoms. The van der Waals surface area contributed by atoms with Gasteiger partial charge >= 0.3 is 0 Å². The smallest absolute Gasteiger partial charge is 0.270 e. The molecule has 2 N–H and O–H groups in total. The molecule has 0 saturated heterocycles. The first-order valence-electron chi connectivity index (χ1n) is 7.06. The summed E-state index contributed by atoms with van der Waals surface area (Å²) in [5.41, 5.74) is 0.798. The molecule has 0 aliphatic rings. The van der Waals surface area contributed by atoms with Gasteiger partial charge in [-0.1, -0.05) is 13.0 Å². The Morgan fingerprint density at radius 2 is 2.05 bits per heavy atom. The lowest BCUT2D eigenvalue weighted by Crippen LogP contribution is -2.39. The molecule has 0 aromatic carbocycles. The summed E-state index contributed by atoms with van der Waals surface area (Å²) in [5, 5.41) is 5.06. The molecule has 0 unspecified atom stereocenters. The largest absolute Gasteiger partial charge is 0.355 e. The summed E-state index contributed by atoms with van der Waals surface area (Å²) >= 11 is 0. The van der Waals surface area contributed by atoms with E-state index >= 15 is 0 Å². The molecule has 2 aromatic heterocycles. The molecule has 2 rings (SSSR count). The molecular weight excluding hydrogens is 284 g/mol. The molecule has 0 spiro atoms. The summed E-state index contributed by atoms with van der Waals surface area (Å²) in [6, 6.07) is 3.54. The van der Waals surface area contributed by atoms with Gasteiger partial charge in [0.05, 0.1) is 6.54 Å². The summed E-state index contributed by atoms with van der Waals surface area (Å²) in [5.74, 6) is -0.903. The highest BCUT2D eigenvalue weighted by Crippen LogP contribution is 2.01. The van der Waals surface area contributed by atoms with Gasteiger partial charge in [-0.15, -0.1) is 0 Å². The zero-order valence-corrected chi connectivity index (χ0v) is 12.5. The van der Waals surface area contributed by atoms with Crippen molar-refractivity contribution in [1.82, 2.24) is 20.0 Å². The number of amides is 2. The fourth-order valence-corrected chi connectivity index (χ4v) is 1.92. The van der Waals surface area contributed by atoms with Crippen LogP contribution in [0.5, 0.6) is 0 Å². The zero-order chi connectivity index (χ0) is 16.1. The van der Waals surface area contributed by atoms with Gasteiger partial charge in [-0.05, 0) is 25.0 Å². The number of pyridine rings is 1. The van der Waals surface area contributed by atoms with E-state index in [1.165, 1.54) is 10.6 Å². The molecule has 116 valence electrons. The summed E-state index contributed by atoms with van der Waals surface area (Å²) in [7, 11) is 0. The van der Waals surface area contributed by atoms with E-state index in [4.69, 9.17) is 0 Å². The normalized spacial score (nSPS) is 10.5. The van der Waals surface area contributed by atoms with Gasteiger partial charge in [-0.3, -0.25) is 18.8 Å². The highest BCUT2D eigenvalue weighted by Gasteiger charge is 2.14. The van der Waals surface area contributed by atoms with Crippen molar-refractivity contribution in [3.8, 4) is 0 Å². The Balaban J connectivity index is 2.16. The fourth-order valence-electron chi connectivity index (χ4n) is 1.92. The van der Waals surface area contributed by atoms with E-state index in [-0.39, 0.29) is 18.0 Å². The van der Waals surface area contributed by atoms with Gasteiger partial charge in [0.2, 0.25) is 5.91 Å². The van der Waals surface area contributed by atoms with E-state index in [0.717, 1.165) is 12.0 Å². The third kappa shape index (κ3) is 3.49. The van der Waals surface area contributed by atoms with Gasteiger partial charge in [0, 0.05) is 18.9 Å². The number of nitrogens with one attached hydrogen (secondary N) is 2. The number of aryl methyl sites for hydroxylation is 1. The van der Waals surface area contributed by atoms with Crippen molar-refractivity contribution in [3.63, 3.8) is 0 Å². The minimum absolute atomic E-state index is 0.0913. The quantitative estimate of drug-likeness (QED) is 0.828. The van der Waals surface area contributed by atoms with E-state index in [2.05, 4.69) is 15.6 Å². The van der Waals surface area contributed by atoms with E-state index in [9.17, 15) is 14.4 Å². The molecular formula is C15H18N4O3. The SMILES string of the molecule is CCCNC(=O)CNC(=O)c1cnc2ccc(C)cn2c1=O. The number of hydrogen-bond acceptors (Lipinski definition) is 4. The van der Waals surface area contributed by atoms with Crippen LogP contribution >= 0.6 is 0 Å². The topological polar surface area (TPSA) is 92.6 Å². The first-order chi connectivity index (χ1) is 10.5. The van der Waals surface area contributed by atoms with Crippen LogP contribution in [0.1, 0.15) is 29.3 Å². The van der Waals surface area contributed by atoms with E-state index in [1.54, 1.807) is 12.3 Å². The lowest BCUT2D eigenvalue weighted by molar-refractivity contribution is -0.120. The van der Waals surface area contributed by atoms with Gasteiger partial charge in [0.25, 0.3) is 11.5 Å². The Bertz CT molecular complexity index is 767.